The van der Waals surface area contributed by atoms with E-state index in [1.54, 1.807) is 0 Å². The highest BCUT2D eigenvalue weighted by atomic mass is 16.7. The molecule has 0 fully saturated rings. The number of likely N-dealkylation sites (N-methyl/N-ethyl adjacent to an activating group) is 1. The smallest absolute Gasteiger partial charge is 0.231 e. The molecule has 4 nitrogen and oxygen atoms in total. The average Bonchev–Trinajstić information content (AvgIpc) is 2.85. The van der Waals surface area contributed by atoms with E-state index in [4.69, 9.17) is 9.47 Å². The highest BCUT2D eigenvalue weighted by Crippen LogP contribution is 2.34. The molecule has 1 aromatic carbocycles. The molecule has 0 saturated carbocycles. The molecule has 1 aromatic rings. The molecule has 4 heteroatoms. The normalized spacial score (nSPS) is 15.1. The van der Waals surface area contributed by atoms with E-state index in [-0.39, 0.29) is 6.79 Å². The van der Waals surface area contributed by atoms with Crippen LogP contribution in [0.1, 0.15) is 31.9 Å². The van der Waals surface area contributed by atoms with Crippen LogP contribution in [0.3, 0.4) is 0 Å². The van der Waals surface area contributed by atoms with Crippen molar-refractivity contribution in [3.8, 4) is 11.5 Å². The number of hydrogen-bond acceptors (Lipinski definition) is 4. The monoisotopic (exact) mass is 251 g/mol. The van der Waals surface area contributed by atoms with Gasteiger partial charge in [-0.1, -0.05) is 19.9 Å². The van der Waals surface area contributed by atoms with E-state index in [1.807, 2.05) is 18.2 Å². The zero-order valence-corrected chi connectivity index (χ0v) is 11.1. The Bertz CT molecular complexity index is 395. The van der Waals surface area contributed by atoms with Gasteiger partial charge in [-0.05, 0) is 37.2 Å². The van der Waals surface area contributed by atoms with Gasteiger partial charge in [0.1, 0.15) is 0 Å². The van der Waals surface area contributed by atoms with Crippen molar-refractivity contribution >= 4 is 0 Å². The molecule has 100 valence electrons. The number of aliphatic hydroxyl groups excluding tert-OH is 1. The van der Waals surface area contributed by atoms with Gasteiger partial charge in [-0.3, -0.25) is 0 Å². The molecule has 1 unspecified atom stereocenters. The Morgan fingerprint density at radius 2 is 2.06 bits per heavy atom. The molecular formula is C14H21NO3. The van der Waals surface area contributed by atoms with Crippen LogP contribution in [0.4, 0.5) is 0 Å². The van der Waals surface area contributed by atoms with E-state index in [1.165, 1.54) is 0 Å². The lowest BCUT2D eigenvalue weighted by molar-refractivity contribution is 0.116. The maximum atomic E-state index is 10.2. The molecule has 0 aromatic heterocycles. The number of hydrogen-bond donors (Lipinski definition) is 1. The maximum absolute atomic E-state index is 10.2. The van der Waals surface area contributed by atoms with Crippen molar-refractivity contribution < 1.29 is 14.6 Å². The lowest BCUT2D eigenvalue weighted by atomic mass is 10.1. The Morgan fingerprint density at radius 1 is 1.28 bits per heavy atom. The van der Waals surface area contributed by atoms with E-state index >= 15 is 0 Å². The quantitative estimate of drug-likeness (QED) is 0.841. The summed E-state index contributed by atoms with van der Waals surface area (Å²) >= 11 is 0. The van der Waals surface area contributed by atoms with Crippen LogP contribution in [0.15, 0.2) is 18.2 Å². The highest BCUT2D eigenvalue weighted by molar-refractivity contribution is 5.45. The minimum Gasteiger partial charge on any atom is -0.454 e. The standard InChI is InChI=1S/C14H21NO3/c1-3-7-15(4-2)9-12(16)11-5-6-13-14(8-11)18-10-17-13/h5-6,8,12,16H,3-4,7,9-10H2,1-2H3. The lowest BCUT2D eigenvalue weighted by Gasteiger charge is -2.23. The van der Waals surface area contributed by atoms with Crippen molar-refractivity contribution in [3.05, 3.63) is 23.8 Å². The summed E-state index contributed by atoms with van der Waals surface area (Å²) in [7, 11) is 0. The molecule has 18 heavy (non-hydrogen) atoms. The number of rotatable bonds is 6. The summed E-state index contributed by atoms with van der Waals surface area (Å²) in [6.07, 6.45) is 0.618. The summed E-state index contributed by atoms with van der Waals surface area (Å²) in [5.41, 5.74) is 0.883. The van der Waals surface area contributed by atoms with E-state index in [2.05, 4.69) is 18.7 Å². The van der Waals surface area contributed by atoms with Crippen molar-refractivity contribution in [2.75, 3.05) is 26.4 Å². The first-order valence-electron chi connectivity index (χ1n) is 6.54. The predicted octanol–water partition coefficient (Wildman–Crippen LogP) is 2.18. The number of fused-ring (bicyclic) bond motifs is 1. The van der Waals surface area contributed by atoms with Crippen molar-refractivity contribution in [3.63, 3.8) is 0 Å². The van der Waals surface area contributed by atoms with E-state index in [0.717, 1.165) is 36.6 Å². The summed E-state index contributed by atoms with van der Waals surface area (Å²) < 4.78 is 10.6. The predicted molar refractivity (Wildman–Crippen MR) is 69.9 cm³/mol. The van der Waals surface area contributed by atoms with Gasteiger partial charge in [-0.25, -0.2) is 0 Å². The van der Waals surface area contributed by atoms with E-state index in [0.29, 0.717) is 6.54 Å². The fourth-order valence-corrected chi connectivity index (χ4v) is 2.17. The fourth-order valence-electron chi connectivity index (χ4n) is 2.17. The second-order valence-corrected chi connectivity index (χ2v) is 4.52. The minimum absolute atomic E-state index is 0.270. The molecule has 1 atom stereocenters. The Balaban J connectivity index is 2.02. The molecule has 0 spiro atoms. The third-order valence-corrected chi connectivity index (χ3v) is 3.20. The van der Waals surface area contributed by atoms with Gasteiger partial charge >= 0.3 is 0 Å². The van der Waals surface area contributed by atoms with Crippen LogP contribution in [0.2, 0.25) is 0 Å². The van der Waals surface area contributed by atoms with Crippen LogP contribution in [0.25, 0.3) is 0 Å². The minimum atomic E-state index is -0.481. The summed E-state index contributed by atoms with van der Waals surface area (Å²) in [6, 6.07) is 5.63. The van der Waals surface area contributed by atoms with Crippen molar-refractivity contribution in [2.45, 2.75) is 26.4 Å². The zero-order chi connectivity index (χ0) is 13.0. The van der Waals surface area contributed by atoms with Crippen LogP contribution in [-0.4, -0.2) is 36.4 Å². The number of ether oxygens (including phenoxy) is 2. The van der Waals surface area contributed by atoms with Crippen molar-refractivity contribution in [1.29, 1.82) is 0 Å². The first kappa shape index (κ1) is 13.2. The molecule has 1 aliphatic heterocycles. The molecule has 0 saturated heterocycles. The average molecular weight is 251 g/mol. The summed E-state index contributed by atoms with van der Waals surface area (Å²) in [6.45, 7) is 7.15. The first-order valence-corrected chi connectivity index (χ1v) is 6.54. The Labute approximate surface area is 108 Å². The maximum Gasteiger partial charge on any atom is 0.231 e. The van der Waals surface area contributed by atoms with Gasteiger partial charge in [-0.2, -0.15) is 0 Å². The molecule has 1 aliphatic rings. The second kappa shape index (κ2) is 6.07. The van der Waals surface area contributed by atoms with Gasteiger partial charge < -0.3 is 19.5 Å². The second-order valence-electron chi connectivity index (χ2n) is 4.52. The zero-order valence-electron chi connectivity index (χ0n) is 11.1. The summed E-state index contributed by atoms with van der Waals surface area (Å²) in [4.78, 5) is 2.25. The third kappa shape index (κ3) is 2.94. The molecule has 1 heterocycles. The van der Waals surface area contributed by atoms with Crippen LogP contribution >= 0.6 is 0 Å². The third-order valence-electron chi connectivity index (χ3n) is 3.20. The largest absolute Gasteiger partial charge is 0.454 e. The number of aliphatic hydroxyl groups is 1. The van der Waals surface area contributed by atoms with Crippen molar-refractivity contribution in [1.82, 2.24) is 4.90 Å². The topological polar surface area (TPSA) is 41.9 Å². The summed E-state index contributed by atoms with van der Waals surface area (Å²) in [5.74, 6) is 1.48. The first-order chi connectivity index (χ1) is 8.74. The van der Waals surface area contributed by atoms with Gasteiger partial charge in [0.05, 0.1) is 6.10 Å². The fraction of sp³-hybridized carbons (Fsp3) is 0.571. The molecule has 0 aliphatic carbocycles. The molecular weight excluding hydrogens is 230 g/mol. The molecule has 0 bridgehead atoms. The van der Waals surface area contributed by atoms with Crippen LogP contribution in [0.5, 0.6) is 11.5 Å². The lowest BCUT2D eigenvalue weighted by Crippen LogP contribution is -2.29. The number of nitrogens with zero attached hydrogens (tertiary/aromatic N) is 1. The number of benzene rings is 1. The van der Waals surface area contributed by atoms with Gasteiger partial charge in [0.25, 0.3) is 0 Å². The summed E-state index contributed by atoms with van der Waals surface area (Å²) in [5, 5.41) is 10.2. The van der Waals surface area contributed by atoms with Gasteiger partial charge in [0, 0.05) is 6.54 Å². The van der Waals surface area contributed by atoms with Gasteiger partial charge in [0.15, 0.2) is 11.5 Å². The van der Waals surface area contributed by atoms with Crippen LogP contribution < -0.4 is 9.47 Å². The Kier molecular flexibility index (Phi) is 4.44. The Hall–Kier alpha value is -1.26. The SMILES string of the molecule is CCCN(CC)CC(O)c1ccc2c(c1)OCO2. The Morgan fingerprint density at radius 3 is 2.78 bits per heavy atom. The van der Waals surface area contributed by atoms with Crippen LogP contribution in [-0.2, 0) is 0 Å². The molecule has 2 rings (SSSR count). The molecule has 0 amide bonds. The van der Waals surface area contributed by atoms with Crippen LogP contribution in [0, 0.1) is 0 Å². The molecule has 1 N–H and O–H groups in total. The van der Waals surface area contributed by atoms with Crippen molar-refractivity contribution in [2.24, 2.45) is 0 Å². The molecule has 0 radical (unpaired) electrons. The van der Waals surface area contributed by atoms with E-state index in [9.17, 15) is 5.11 Å². The van der Waals surface area contributed by atoms with Gasteiger partial charge in [0.2, 0.25) is 6.79 Å². The van der Waals surface area contributed by atoms with E-state index < -0.39 is 6.10 Å². The highest BCUT2D eigenvalue weighted by Gasteiger charge is 2.17. The van der Waals surface area contributed by atoms with Gasteiger partial charge in [-0.15, -0.1) is 0 Å².